The van der Waals surface area contributed by atoms with Gasteiger partial charge in [0.15, 0.2) is 0 Å². The largest absolute Gasteiger partial charge is 0.383 e. The van der Waals surface area contributed by atoms with Gasteiger partial charge in [-0.3, -0.25) is 4.79 Å². The Labute approximate surface area is 108 Å². The molecule has 1 rings (SSSR count). The van der Waals surface area contributed by atoms with Crippen LogP contribution >= 0.6 is 0 Å². The Morgan fingerprint density at radius 3 is 2.61 bits per heavy atom. The van der Waals surface area contributed by atoms with E-state index in [0.717, 1.165) is 18.9 Å². The molecule has 0 aromatic carbocycles. The zero-order valence-corrected chi connectivity index (χ0v) is 11.3. The topological polar surface area (TPSA) is 54.5 Å². The van der Waals surface area contributed by atoms with Gasteiger partial charge in [0.25, 0.3) is 5.91 Å². The number of pyridine rings is 1. The lowest BCUT2D eigenvalue weighted by molar-refractivity contribution is 0.0937. The lowest BCUT2D eigenvalue weighted by Crippen LogP contribution is -2.27. The number of amides is 1. The molecule has 1 N–H and O–H groups in total. The number of nitrogens with zero attached hydrogens (tertiary/aromatic N) is 2. The minimum atomic E-state index is -0.120. The maximum atomic E-state index is 11.7. The number of aromatic nitrogens is 1. The van der Waals surface area contributed by atoms with E-state index in [9.17, 15) is 4.79 Å². The van der Waals surface area contributed by atoms with Crippen molar-refractivity contribution in [3.05, 3.63) is 23.9 Å². The molecule has 1 amide bonds. The lowest BCUT2D eigenvalue weighted by atomic mass is 10.2. The van der Waals surface area contributed by atoms with E-state index in [1.807, 2.05) is 6.07 Å². The molecule has 0 aliphatic carbocycles. The van der Waals surface area contributed by atoms with Crippen LogP contribution in [0.15, 0.2) is 18.3 Å². The van der Waals surface area contributed by atoms with E-state index < -0.39 is 0 Å². The predicted molar refractivity (Wildman–Crippen MR) is 72.0 cm³/mol. The summed E-state index contributed by atoms with van der Waals surface area (Å²) in [6.45, 7) is 6.99. The first-order valence-corrected chi connectivity index (χ1v) is 6.21. The summed E-state index contributed by atoms with van der Waals surface area (Å²) in [5.74, 6) is 0.777. The average molecular weight is 251 g/mol. The number of nitrogens with one attached hydrogen (secondary N) is 1. The molecular weight excluding hydrogens is 230 g/mol. The first-order valence-electron chi connectivity index (χ1n) is 6.21. The summed E-state index contributed by atoms with van der Waals surface area (Å²) >= 11 is 0. The van der Waals surface area contributed by atoms with E-state index in [4.69, 9.17) is 4.74 Å². The molecule has 0 saturated heterocycles. The fourth-order valence-corrected chi connectivity index (χ4v) is 1.62. The van der Waals surface area contributed by atoms with Crippen LogP contribution in [0, 0.1) is 0 Å². The molecule has 0 spiro atoms. The van der Waals surface area contributed by atoms with Gasteiger partial charge >= 0.3 is 0 Å². The number of hydrogen-bond acceptors (Lipinski definition) is 4. The predicted octanol–water partition coefficient (Wildman–Crippen LogP) is 1.30. The number of methoxy groups -OCH3 is 1. The Morgan fingerprint density at radius 2 is 2.11 bits per heavy atom. The third-order valence-electron chi connectivity index (χ3n) is 2.69. The Morgan fingerprint density at radius 1 is 1.39 bits per heavy atom. The molecule has 100 valence electrons. The molecule has 1 aromatic rings. The Kier molecular flexibility index (Phi) is 6.14. The molecule has 18 heavy (non-hydrogen) atoms. The van der Waals surface area contributed by atoms with Crippen molar-refractivity contribution in [2.24, 2.45) is 0 Å². The van der Waals surface area contributed by atoms with Crippen molar-refractivity contribution in [2.75, 3.05) is 38.3 Å². The normalized spacial score (nSPS) is 10.2. The molecule has 0 aliphatic heterocycles. The summed E-state index contributed by atoms with van der Waals surface area (Å²) in [5.41, 5.74) is 0.571. The first kappa shape index (κ1) is 14.4. The van der Waals surface area contributed by atoms with Crippen LogP contribution in [-0.2, 0) is 4.74 Å². The minimum Gasteiger partial charge on any atom is -0.383 e. The Bertz CT molecular complexity index is 361. The first-order chi connectivity index (χ1) is 8.72. The number of carbonyl (C=O) groups is 1. The highest BCUT2D eigenvalue weighted by molar-refractivity contribution is 5.94. The van der Waals surface area contributed by atoms with Gasteiger partial charge in [-0.15, -0.1) is 0 Å². The van der Waals surface area contributed by atoms with Crippen LogP contribution in [-0.4, -0.2) is 44.2 Å². The molecule has 0 fully saturated rings. The number of ether oxygens (including phenoxy) is 1. The molecule has 5 nitrogen and oxygen atoms in total. The SMILES string of the molecule is CCN(CC)c1ccc(C(=O)NCCOC)cn1. The second-order valence-electron chi connectivity index (χ2n) is 3.83. The summed E-state index contributed by atoms with van der Waals surface area (Å²) in [4.78, 5) is 18.2. The van der Waals surface area contributed by atoms with Gasteiger partial charge in [0.2, 0.25) is 0 Å². The van der Waals surface area contributed by atoms with Crippen molar-refractivity contribution in [1.82, 2.24) is 10.3 Å². The summed E-state index contributed by atoms with van der Waals surface area (Å²) in [6.07, 6.45) is 1.61. The van der Waals surface area contributed by atoms with Gasteiger partial charge in [-0.2, -0.15) is 0 Å². The second-order valence-corrected chi connectivity index (χ2v) is 3.83. The maximum Gasteiger partial charge on any atom is 0.252 e. The zero-order valence-electron chi connectivity index (χ0n) is 11.3. The van der Waals surface area contributed by atoms with Crippen molar-refractivity contribution in [2.45, 2.75) is 13.8 Å². The van der Waals surface area contributed by atoms with Gasteiger partial charge in [-0.1, -0.05) is 0 Å². The standard InChI is InChI=1S/C13H21N3O2/c1-4-16(5-2)12-7-6-11(10-15-12)13(17)14-8-9-18-3/h6-7,10H,4-5,8-9H2,1-3H3,(H,14,17). The molecule has 0 saturated carbocycles. The molecule has 0 radical (unpaired) electrons. The maximum absolute atomic E-state index is 11.7. The second kappa shape index (κ2) is 7.66. The van der Waals surface area contributed by atoms with Crippen LogP contribution in [0.5, 0.6) is 0 Å². The molecular formula is C13H21N3O2. The van der Waals surface area contributed by atoms with E-state index in [-0.39, 0.29) is 5.91 Å². The Balaban J connectivity index is 2.61. The molecule has 1 heterocycles. The highest BCUT2D eigenvalue weighted by Crippen LogP contribution is 2.10. The molecule has 0 aliphatic rings. The van der Waals surface area contributed by atoms with Crippen molar-refractivity contribution >= 4 is 11.7 Å². The van der Waals surface area contributed by atoms with E-state index in [0.29, 0.717) is 18.7 Å². The summed E-state index contributed by atoms with van der Waals surface area (Å²) in [5, 5.41) is 2.76. The van der Waals surface area contributed by atoms with Crippen LogP contribution in [0.3, 0.4) is 0 Å². The van der Waals surface area contributed by atoms with Crippen LogP contribution in [0.2, 0.25) is 0 Å². The van der Waals surface area contributed by atoms with Gasteiger partial charge in [-0.25, -0.2) is 4.98 Å². The number of carbonyl (C=O) groups excluding carboxylic acids is 1. The number of rotatable bonds is 7. The quantitative estimate of drug-likeness (QED) is 0.742. The van der Waals surface area contributed by atoms with E-state index in [2.05, 4.69) is 29.0 Å². The highest BCUT2D eigenvalue weighted by Gasteiger charge is 2.07. The van der Waals surface area contributed by atoms with Crippen molar-refractivity contribution in [1.29, 1.82) is 0 Å². The van der Waals surface area contributed by atoms with Crippen molar-refractivity contribution < 1.29 is 9.53 Å². The molecule has 1 aromatic heterocycles. The van der Waals surface area contributed by atoms with Gasteiger partial charge in [0, 0.05) is 32.9 Å². The fraction of sp³-hybridized carbons (Fsp3) is 0.538. The third-order valence-corrected chi connectivity index (χ3v) is 2.69. The lowest BCUT2D eigenvalue weighted by Gasteiger charge is -2.19. The van der Waals surface area contributed by atoms with Crippen molar-refractivity contribution in [3.8, 4) is 0 Å². The monoisotopic (exact) mass is 251 g/mol. The number of anilines is 1. The molecule has 0 atom stereocenters. The number of hydrogen-bond donors (Lipinski definition) is 1. The van der Waals surface area contributed by atoms with Crippen LogP contribution in [0.4, 0.5) is 5.82 Å². The smallest absolute Gasteiger partial charge is 0.252 e. The van der Waals surface area contributed by atoms with Crippen LogP contribution in [0.1, 0.15) is 24.2 Å². The fourth-order valence-electron chi connectivity index (χ4n) is 1.62. The van der Waals surface area contributed by atoms with Crippen LogP contribution < -0.4 is 10.2 Å². The van der Waals surface area contributed by atoms with E-state index in [1.54, 1.807) is 19.4 Å². The zero-order chi connectivity index (χ0) is 13.4. The van der Waals surface area contributed by atoms with Gasteiger partial charge in [0.05, 0.1) is 12.2 Å². The van der Waals surface area contributed by atoms with Gasteiger partial charge in [-0.05, 0) is 26.0 Å². The average Bonchev–Trinajstić information content (AvgIpc) is 2.41. The summed E-state index contributed by atoms with van der Waals surface area (Å²) in [6, 6.07) is 3.67. The van der Waals surface area contributed by atoms with E-state index >= 15 is 0 Å². The third kappa shape index (κ3) is 4.00. The van der Waals surface area contributed by atoms with Gasteiger partial charge < -0.3 is 15.0 Å². The highest BCUT2D eigenvalue weighted by atomic mass is 16.5. The Hall–Kier alpha value is -1.62. The summed E-state index contributed by atoms with van der Waals surface area (Å²) < 4.78 is 4.87. The van der Waals surface area contributed by atoms with Crippen molar-refractivity contribution in [3.63, 3.8) is 0 Å². The molecule has 0 unspecified atom stereocenters. The molecule has 0 bridgehead atoms. The molecule has 5 heteroatoms. The van der Waals surface area contributed by atoms with E-state index in [1.165, 1.54) is 0 Å². The van der Waals surface area contributed by atoms with Gasteiger partial charge in [0.1, 0.15) is 5.82 Å². The summed E-state index contributed by atoms with van der Waals surface area (Å²) in [7, 11) is 1.60. The van der Waals surface area contributed by atoms with Crippen LogP contribution in [0.25, 0.3) is 0 Å². The minimum absolute atomic E-state index is 0.120.